The molecular weight excluding hydrogens is 270 g/mol. The highest BCUT2D eigenvalue weighted by atomic mass is 16.6. The van der Waals surface area contributed by atoms with E-state index in [0.717, 1.165) is 18.4 Å². The third-order valence-corrected chi connectivity index (χ3v) is 4.50. The highest BCUT2D eigenvalue weighted by Crippen LogP contribution is 2.50. The lowest BCUT2D eigenvalue weighted by Crippen LogP contribution is -2.49. The van der Waals surface area contributed by atoms with Crippen LogP contribution in [0, 0.1) is 5.92 Å². The van der Waals surface area contributed by atoms with Gasteiger partial charge in [-0.15, -0.1) is 0 Å². The molecule has 5 nitrogen and oxygen atoms in total. The molecule has 1 atom stereocenters. The third kappa shape index (κ3) is 2.86. The van der Waals surface area contributed by atoms with Crippen LogP contribution in [0.5, 0.6) is 0 Å². The van der Waals surface area contributed by atoms with E-state index in [0.29, 0.717) is 19.4 Å². The van der Waals surface area contributed by atoms with Crippen molar-refractivity contribution in [3.63, 3.8) is 0 Å². The van der Waals surface area contributed by atoms with Gasteiger partial charge in [0.1, 0.15) is 6.61 Å². The summed E-state index contributed by atoms with van der Waals surface area (Å²) in [6.45, 7) is 0.735. The van der Waals surface area contributed by atoms with Gasteiger partial charge in [0.15, 0.2) is 0 Å². The number of rotatable bonds is 3. The molecule has 21 heavy (non-hydrogen) atoms. The van der Waals surface area contributed by atoms with Crippen molar-refractivity contribution in [1.82, 2.24) is 4.90 Å². The van der Waals surface area contributed by atoms with Gasteiger partial charge in [0, 0.05) is 12.1 Å². The smallest absolute Gasteiger partial charge is 0.410 e. The number of hydrogen-bond donors (Lipinski definition) is 1. The molecule has 1 N–H and O–H groups in total. The summed E-state index contributed by atoms with van der Waals surface area (Å²) in [6, 6.07) is 9.56. The average Bonchev–Trinajstić information content (AvgIpc) is 3.25. The molecule has 1 saturated heterocycles. The number of carboxylic acid groups (broad SMARTS) is 1. The monoisotopic (exact) mass is 289 g/mol. The van der Waals surface area contributed by atoms with Crippen LogP contribution >= 0.6 is 0 Å². The number of benzene rings is 1. The molecule has 1 saturated carbocycles. The van der Waals surface area contributed by atoms with Gasteiger partial charge in [-0.25, -0.2) is 4.79 Å². The second kappa shape index (κ2) is 5.39. The van der Waals surface area contributed by atoms with Crippen LogP contribution in [-0.4, -0.2) is 34.2 Å². The van der Waals surface area contributed by atoms with Gasteiger partial charge in [0.2, 0.25) is 0 Å². The van der Waals surface area contributed by atoms with Crippen molar-refractivity contribution < 1.29 is 19.4 Å². The van der Waals surface area contributed by atoms with E-state index in [9.17, 15) is 9.59 Å². The van der Waals surface area contributed by atoms with E-state index in [1.165, 1.54) is 0 Å². The molecule has 1 heterocycles. The number of nitrogens with zero attached hydrogens (tertiary/aromatic N) is 1. The van der Waals surface area contributed by atoms with Crippen molar-refractivity contribution in [2.75, 3.05) is 6.54 Å². The first-order valence-corrected chi connectivity index (χ1v) is 7.32. The predicted octanol–water partition coefficient (Wildman–Crippen LogP) is 2.65. The number of amides is 1. The highest BCUT2D eigenvalue weighted by Gasteiger charge is 2.55. The third-order valence-electron chi connectivity index (χ3n) is 4.50. The normalized spacial score (nSPS) is 22.9. The molecule has 112 valence electrons. The zero-order valence-electron chi connectivity index (χ0n) is 11.8. The fourth-order valence-electron chi connectivity index (χ4n) is 3.10. The van der Waals surface area contributed by atoms with Gasteiger partial charge in [-0.3, -0.25) is 4.79 Å². The van der Waals surface area contributed by atoms with Crippen molar-refractivity contribution in [1.29, 1.82) is 0 Å². The number of carbonyl (C=O) groups is 2. The fraction of sp³-hybridized carbons (Fsp3) is 0.500. The van der Waals surface area contributed by atoms with E-state index in [-0.39, 0.29) is 24.2 Å². The van der Waals surface area contributed by atoms with Gasteiger partial charge in [0.05, 0.1) is 5.92 Å². The summed E-state index contributed by atoms with van der Waals surface area (Å²) in [5.41, 5.74) is 0.700. The van der Waals surface area contributed by atoms with Gasteiger partial charge in [0.25, 0.3) is 0 Å². The molecule has 2 aliphatic rings. The van der Waals surface area contributed by atoms with E-state index in [1.54, 1.807) is 4.90 Å². The summed E-state index contributed by atoms with van der Waals surface area (Å²) in [7, 11) is 0. The molecule has 1 aliphatic heterocycles. The first-order chi connectivity index (χ1) is 10.1. The van der Waals surface area contributed by atoms with Crippen LogP contribution in [0.4, 0.5) is 4.79 Å². The standard InChI is InChI=1S/C16H19NO4/c18-14(19)13-6-9-17(16(10-13)7-8-16)15(20)21-11-12-4-2-1-3-5-12/h1-5,13H,6-11H2,(H,18,19). The summed E-state index contributed by atoms with van der Waals surface area (Å²) in [5.74, 6) is -1.08. The molecule has 3 rings (SSSR count). The summed E-state index contributed by atoms with van der Waals surface area (Å²) < 4.78 is 5.38. The molecule has 1 spiro atoms. The maximum absolute atomic E-state index is 12.3. The molecule has 0 radical (unpaired) electrons. The summed E-state index contributed by atoms with van der Waals surface area (Å²) in [4.78, 5) is 25.1. The van der Waals surface area contributed by atoms with Gasteiger partial charge in [-0.05, 0) is 31.2 Å². The second-order valence-electron chi connectivity index (χ2n) is 5.94. The number of carboxylic acids is 1. The maximum Gasteiger partial charge on any atom is 0.410 e. The first kappa shape index (κ1) is 13.9. The quantitative estimate of drug-likeness (QED) is 0.929. The Balaban J connectivity index is 1.59. The van der Waals surface area contributed by atoms with Crippen LogP contribution in [0.25, 0.3) is 0 Å². The molecule has 1 aromatic rings. The molecule has 1 unspecified atom stereocenters. The van der Waals surface area contributed by atoms with Crippen LogP contribution in [0.15, 0.2) is 30.3 Å². The number of aliphatic carboxylic acids is 1. The zero-order valence-corrected chi connectivity index (χ0v) is 11.8. The Kier molecular flexibility index (Phi) is 3.57. The molecular formula is C16H19NO4. The van der Waals surface area contributed by atoms with Crippen LogP contribution in [0.2, 0.25) is 0 Å². The predicted molar refractivity (Wildman–Crippen MR) is 75.7 cm³/mol. The Labute approximate surface area is 123 Å². The van der Waals surface area contributed by atoms with E-state index < -0.39 is 5.97 Å². The van der Waals surface area contributed by atoms with E-state index in [1.807, 2.05) is 30.3 Å². The zero-order chi connectivity index (χ0) is 14.9. The number of piperidine rings is 1. The van der Waals surface area contributed by atoms with Crippen LogP contribution in [0.3, 0.4) is 0 Å². The van der Waals surface area contributed by atoms with Crippen molar-refractivity contribution >= 4 is 12.1 Å². The van der Waals surface area contributed by atoms with E-state index in [2.05, 4.69) is 0 Å². The van der Waals surface area contributed by atoms with E-state index in [4.69, 9.17) is 9.84 Å². The lowest BCUT2D eigenvalue weighted by atomic mass is 9.89. The minimum absolute atomic E-state index is 0.255. The number of hydrogen-bond acceptors (Lipinski definition) is 3. The lowest BCUT2D eigenvalue weighted by molar-refractivity contribution is -0.144. The largest absolute Gasteiger partial charge is 0.481 e. The molecule has 1 aromatic carbocycles. The Morgan fingerprint density at radius 2 is 2.00 bits per heavy atom. The second-order valence-corrected chi connectivity index (χ2v) is 5.94. The van der Waals surface area contributed by atoms with Crippen LogP contribution in [0.1, 0.15) is 31.2 Å². The minimum atomic E-state index is -0.751. The van der Waals surface area contributed by atoms with Crippen molar-refractivity contribution in [3.8, 4) is 0 Å². The Hall–Kier alpha value is -2.04. The Morgan fingerprint density at radius 1 is 1.29 bits per heavy atom. The van der Waals surface area contributed by atoms with Gasteiger partial charge in [-0.2, -0.15) is 0 Å². The molecule has 1 amide bonds. The van der Waals surface area contributed by atoms with Crippen LogP contribution < -0.4 is 0 Å². The molecule has 2 fully saturated rings. The van der Waals surface area contributed by atoms with Crippen LogP contribution in [-0.2, 0) is 16.1 Å². The maximum atomic E-state index is 12.3. The van der Waals surface area contributed by atoms with Crippen molar-refractivity contribution in [3.05, 3.63) is 35.9 Å². The fourth-order valence-corrected chi connectivity index (χ4v) is 3.10. The first-order valence-electron chi connectivity index (χ1n) is 7.32. The van der Waals surface area contributed by atoms with Gasteiger partial charge < -0.3 is 14.7 Å². The van der Waals surface area contributed by atoms with Crippen molar-refractivity contribution in [2.24, 2.45) is 5.92 Å². The molecule has 5 heteroatoms. The summed E-state index contributed by atoms with van der Waals surface area (Å²) in [5, 5.41) is 9.14. The lowest BCUT2D eigenvalue weighted by Gasteiger charge is -2.38. The van der Waals surface area contributed by atoms with E-state index >= 15 is 0 Å². The topological polar surface area (TPSA) is 66.8 Å². The summed E-state index contributed by atoms with van der Waals surface area (Å²) in [6.07, 6.45) is 2.52. The number of likely N-dealkylation sites (tertiary alicyclic amines) is 1. The molecule has 0 bridgehead atoms. The highest BCUT2D eigenvalue weighted by molar-refractivity contribution is 5.73. The molecule has 0 aromatic heterocycles. The van der Waals surface area contributed by atoms with Crippen molar-refractivity contribution in [2.45, 2.75) is 37.8 Å². The molecule has 1 aliphatic carbocycles. The van der Waals surface area contributed by atoms with Gasteiger partial charge in [-0.1, -0.05) is 30.3 Å². The number of carbonyl (C=O) groups excluding carboxylic acids is 1. The number of ether oxygens (including phenoxy) is 1. The van der Waals surface area contributed by atoms with Gasteiger partial charge >= 0.3 is 12.1 Å². The average molecular weight is 289 g/mol. The summed E-state index contributed by atoms with van der Waals surface area (Å²) >= 11 is 0. The Morgan fingerprint density at radius 3 is 2.62 bits per heavy atom. The minimum Gasteiger partial charge on any atom is -0.481 e. The SMILES string of the molecule is O=C(O)C1CCN(C(=O)OCc2ccccc2)C2(CC2)C1. The Bertz CT molecular complexity index is 538.